The first-order chi connectivity index (χ1) is 6.89. The van der Waals surface area contributed by atoms with E-state index >= 15 is 0 Å². The van der Waals surface area contributed by atoms with E-state index in [0.29, 0.717) is 5.71 Å². The second-order valence-corrected chi connectivity index (χ2v) is 4.78. The Hall–Kier alpha value is -1.44. The molecule has 0 saturated carbocycles. The Morgan fingerprint density at radius 2 is 1.80 bits per heavy atom. The van der Waals surface area contributed by atoms with E-state index in [4.69, 9.17) is 10.4 Å². The van der Waals surface area contributed by atoms with Crippen LogP contribution in [0.25, 0.3) is 0 Å². The van der Waals surface area contributed by atoms with Crippen molar-refractivity contribution in [2.75, 3.05) is 0 Å². The van der Waals surface area contributed by atoms with Crippen molar-refractivity contribution in [3.05, 3.63) is 34.9 Å². The summed E-state index contributed by atoms with van der Waals surface area (Å²) in [6.07, 6.45) is 5.93. The fraction of sp³-hybridized carbons (Fsp3) is 0.385. The first-order valence-electron chi connectivity index (χ1n) is 5.18. The molecule has 0 atom stereocenters. The molecule has 2 heteroatoms. The number of hydrogen-bond acceptors (Lipinski definition) is 2. The van der Waals surface area contributed by atoms with Crippen molar-refractivity contribution in [2.45, 2.75) is 33.2 Å². The zero-order valence-electron chi connectivity index (χ0n) is 9.68. The van der Waals surface area contributed by atoms with E-state index in [1.807, 2.05) is 19.1 Å². The fourth-order valence-corrected chi connectivity index (χ4v) is 2.16. The number of rotatable bonds is 0. The third kappa shape index (κ3) is 1.72. The van der Waals surface area contributed by atoms with Gasteiger partial charge in [0.1, 0.15) is 0 Å². The number of nitrogens with zero attached hydrogens (tertiary/aromatic N) is 1. The number of fused-ring (bicyclic) bond motifs is 1. The average molecular weight is 200 g/mol. The second-order valence-electron chi connectivity index (χ2n) is 4.78. The minimum Gasteiger partial charge on any atom is -0.301 e. The summed E-state index contributed by atoms with van der Waals surface area (Å²) in [5, 5.41) is 7.70. The summed E-state index contributed by atoms with van der Waals surface area (Å²) in [7, 11) is 0. The maximum absolute atomic E-state index is 7.70. The zero-order valence-corrected chi connectivity index (χ0v) is 9.68. The van der Waals surface area contributed by atoms with Gasteiger partial charge in [0.15, 0.2) is 0 Å². The van der Waals surface area contributed by atoms with Crippen molar-refractivity contribution < 1.29 is 0 Å². The van der Waals surface area contributed by atoms with E-state index in [2.05, 4.69) is 26.8 Å². The van der Waals surface area contributed by atoms with Crippen LogP contribution < -0.4 is 0 Å². The summed E-state index contributed by atoms with van der Waals surface area (Å²) in [5.41, 5.74) is 4.93. The number of dihydropyridines is 1. The lowest BCUT2D eigenvalue weighted by atomic mass is 9.85. The Bertz CT molecular complexity index is 457. The summed E-state index contributed by atoms with van der Waals surface area (Å²) in [4.78, 5) is 4.71. The molecule has 2 rings (SSSR count). The van der Waals surface area contributed by atoms with Gasteiger partial charge in [0.2, 0.25) is 0 Å². The molecule has 0 radical (unpaired) electrons. The normalized spacial score (nSPS) is 23.6. The highest BCUT2D eigenvalue weighted by atomic mass is 14.9. The van der Waals surface area contributed by atoms with E-state index in [1.165, 1.54) is 5.57 Å². The van der Waals surface area contributed by atoms with Crippen LogP contribution >= 0.6 is 0 Å². The van der Waals surface area contributed by atoms with Gasteiger partial charge in [-0.2, -0.15) is 0 Å². The molecule has 0 spiro atoms. The number of nitrogens with one attached hydrogen (secondary N) is 1. The Morgan fingerprint density at radius 1 is 1.13 bits per heavy atom. The van der Waals surface area contributed by atoms with Gasteiger partial charge in [0, 0.05) is 5.57 Å². The van der Waals surface area contributed by atoms with E-state index in [9.17, 15) is 0 Å². The summed E-state index contributed by atoms with van der Waals surface area (Å²) in [5.74, 6) is 0. The van der Waals surface area contributed by atoms with Gasteiger partial charge in [-0.15, -0.1) is 0 Å². The fourth-order valence-electron chi connectivity index (χ4n) is 2.16. The molecule has 0 aromatic heterocycles. The monoisotopic (exact) mass is 200 g/mol. The molecule has 0 amide bonds. The maximum Gasteiger partial charge on any atom is 0.0744 e. The van der Waals surface area contributed by atoms with Crippen LogP contribution in [0.4, 0.5) is 0 Å². The molecule has 0 aromatic carbocycles. The second kappa shape index (κ2) is 3.02. The van der Waals surface area contributed by atoms with Gasteiger partial charge in [0.05, 0.1) is 17.0 Å². The first-order valence-corrected chi connectivity index (χ1v) is 5.18. The third-order valence-corrected chi connectivity index (χ3v) is 2.70. The van der Waals surface area contributed by atoms with E-state index in [1.54, 1.807) is 0 Å². The van der Waals surface area contributed by atoms with Crippen LogP contribution in [0.5, 0.6) is 0 Å². The molecule has 0 saturated heterocycles. The molecule has 1 heterocycles. The standard InChI is InChI=1S/C13H16N2/c1-8-5-10(14)6-11-9(2)7-13(3,4)15-12(8)11/h5-7,14H,1-4H3. The molecule has 1 aliphatic heterocycles. The Morgan fingerprint density at radius 3 is 2.47 bits per heavy atom. The molecule has 1 N–H and O–H groups in total. The Labute approximate surface area is 90.6 Å². The summed E-state index contributed by atoms with van der Waals surface area (Å²) in [6, 6.07) is 0. The third-order valence-electron chi connectivity index (χ3n) is 2.70. The molecule has 0 fully saturated rings. The zero-order chi connectivity index (χ0) is 11.2. The van der Waals surface area contributed by atoms with Gasteiger partial charge < -0.3 is 5.41 Å². The van der Waals surface area contributed by atoms with E-state index in [0.717, 1.165) is 16.9 Å². The first kappa shape index (κ1) is 10.1. The number of allylic oxidation sites excluding steroid dienone is 5. The molecule has 78 valence electrons. The van der Waals surface area contributed by atoms with Crippen LogP contribution in [0, 0.1) is 5.41 Å². The SMILES string of the molecule is CC1=CC(C)(C)N=C2C(C)=CC(=N)C=C12. The van der Waals surface area contributed by atoms with Crippen LogP contribution in [0.1, 0.15) is 27.7 Å². The molecule has 2 aliphatic rings. The summed E-state index contributed by atoms with van der Waals surface area (Å²) < 4.78 is 0. The topological polar surface area (TPSA) is 36.2 Å². The van der Waals surface area contributed by atoms with Crippen LogP contribution in [0.3, 0.4) is 0 Å². The minimum atomic E-state index is -0.120. The molecule has 2 nitrogen and oxygen atoms in total. The highest BCUT2D eigenvalue weighted by molar-refractivity contribution is 6.25. The predicted octanol–water partition coefficient (Wildman–Crippen LogP) is 3.07. The lowest BCUT2D eigenvalue weighted by molar-refractivity contribution is 0.647. The molecule has 0 unspecified atom stereocenters. The summed E-state index contributed by atoms with van der Waals surface area (Å²) >= 11 is 0. The van der Waals surface area contributed by atoms with Crippen molar-refractivity contribution in [3.8, 4) is 0 Å². The smallest absolute Gasteiger partial charge is 0.0744 e. The predicted molar refractivity (Wildman–Crippen MR) is 64.8 cm³/mol. The van der Waals surface area contributed by atoms with Gasteiger partial charge in [-0.3, -0.25) is 4.99 Å². The van der Waals surface area contributed by atoms with Crippen molar-refractivity contribution in [1.82, 2.24) is 0 Å². The molecule has 1 aliphatic carbocycles. The Kier molecular flexibility index (Phi) is 2.03. The number of aliphatic imine (C=N–C) groups is 1. The molecular weight excluding hydrogens is 184 g/mol. The van der Waals surface area contributed by atoms with Crippen LogP contribution in [0.15, 0.2) is 39.9 Å². The molecular formula is C13H16N2. The average Bonchev–Trinajstić information content (AvgIpc) is 2.06. The highest BCUT2D eigenvalue weighted by Crippen LogP contribution is 2.30. The molecule has 0 aromatic rings. The van der Waals surface area contributed by atoms with Crippen LogP contribution in [-0.2, 0) is 0 Å². The van der Waals surface area contributed by atoms with Crippen LogP contribution in [0.2, 0.25) is 0 Å². The summed E-state index contributed by atoms with van der Waals surface area (Å²) in [6.45, 7) is 8.32. The van der Waals surface area contributed by atoms with Gasteiger partial charge in [-0.25, -0.2) is 0 Å². The van der Waals surface area contributed by atoms with Crippen molar-refractivity contribution >= 4 is 11.4 Å². The van der Waals surface area contributed by atoms with Gasteiger partial charge >= 0.3 is 0 Å². The Balaban J connectivity index is 2.59. The van der Waals surface area contributed by atoms with Gasteiger partial charge in [0.25, 0.3) is 0 Å². The van der Waals surface area contributed by atoms with E-state index in [-0.39, 0.29) is 5.54 Å². The highest BCUT2D eigenvalue weighted by Gasteiger charge is 2.26. The van der Waals surface area contributed by atoms with Crippen LogP contribution in [-0.4, -0.2) is 17.0 Å². The quantitative estimate of drug-likeness (QED) is 0.583. The van der Waals surface area contributed by atoms with E-state index < -0.39 is 0 Å². The molecule has 0 bridgehead atoms. The largest absolute Gasteiger partial charge is 0.301 e. The number of hydrogen-bond donors (Lipinski definition) is 1. The van der Waals surface area contributed by atoms with Crippen molar-refractivity contribution in [1.29, 1.82) is 5.41 Å². The maximum atomic E-state index is 7.70. The lowest BCUT2D eigenvalue weighted by Gasteiger charge is -2.28. The minimum absolute atomic E-state index is 0.120. The van der Waals surface area contributed by atoms with Crippen molar-refractivity contribution in [2.24, 2.45) is 4.99 Å². The van der Waals surface area contributed by atoms with Crippen molar-refractivity contribution in [3.63, 3.8) is 0 Å². The van der Waals surface area contributed by atoms with Gasteiger partial charge in [-0.1, -0.05) is 6.08 Å². The van der Waals surface area contributed by atoms with Gasteiger partial charge in [-0.05, 0) is 51.0 Å². The molecule has 15 heavy (non-hydrogen) atoms. The lowest BCUT2D eigenvalue weighted by Crippen LogP contribution is -2.26.